The second kappa shape index (κ2) is 12.7. The number of ether oxygens (including phenoxy) is 4. The van der Waals surface area contributed by atoms with Gasteiger partial charge in [0, 0.05) is 5.56 Å². The highest BCUT2D eigenvalue weighted by Gasteiger charge is 2.35. The van der Waals surface area contributed by atoms with Crippen LogP contribution in [0.5, 0.6) is 17.2 Å². The molecule has 2 heterocycles. The Labute approximate surface area is 262 Å². The van der Waals surface area contributed by atoms with Gasteiger partial charge in [-0.05, 0) is 80.3 Å². The summed E-state index contributed by atoms with van der Waals surface area (Å²) in [5.74, 6) is 1.08. The van der Waals surface area contributed by atoms with Crippen LogP contribution in [0.3, 0.4) is 0 Å². The zero-order valence-electron chi connectivity index (χ0n) is 23.1. The molecule has 0 N–H and O–H groups in total. The average Bonchev–Trinajstić information content (AvgIpc) is 3.30. The third-order valence-corrected chi connectivity index (χ3v) is 8.78. The van der Waals surface area contributed by atoms with Gasteiger partial charge in [-0.2, -0.15) is 0 Å². The van der Waals surface area contributed by atoms with E-state index in [2.05, 4.69) is 31.9 Å². The number of aromatic nitrogens is 1. The van der Waals surface area contributed by atoms with Crippen molar-refractivity contribution in [1.29, 1.82) is 0 Å². The smallest absolute Gasteiger partial charge is 0.338 e. The summed E-state index contributed by atoms with van der Waals surface area (Å²) in [5, 5.41) is 0. The van der Waals surface area contributed by atoms with Gasteiger partial charge in [-0.25, -0.2) is 9.79 Å². The molecule has 42 heavy (non-hydrogen) atoms. The summed E-state index contributed by atoms with van der Waals surface area (Å²) in [5.41, 5.74) is 2.54. The predicted octanol–water partition coefficient (Wildman–Crippen LogP) is 5.49. The molecule has 1 aromatic heterocycles. The first kappa shape index (κ1) is 29.8. The number of carbonyl (C=O) groups excluding carboxylic acids is 1. The highest BCUT2D eigenvalue weighted by molar-refractivity contribution is 9.11. The van der Waals surface area contributed by atoms with Crippen LogP contribution in [-0.2, 0) is 9.53 Å². The van der Waals surface area contributed by atoms with Gasteiger partial charge in [0.1, 0.15) is 5.75 Å². The molecule has 0 unspecified atom stereocenters. The zero-order valence-corrected chi connectivity index (χ0v) is 27.1. The molecule has 8 nitrogen and oxygen atoms in total. The van der Waals surface area contributed by atoms with E-state index in [0.29, 0.717) is 37.8 Å². The lowest BCUT2D eigenvalue weighted by Crippen LogP contribution is -2.40. The van der Waals surface area contributed by atoms with Crippen LogP contribution in [0, 0.1) is 0 Å². The van der Waals surface area contributed by atoms with Gasteiger partial charge < -0.3 is 18.9 Å². The number of halogens is 2. The van der Waals surface area contributed by atoms with Crippen molar-refractivity contribution in [2.24, 2.45) is 4.99 Å². The van der Waals surface area contributed by atoms with E-state index in [1.54, 1.807) is 43.9 Å². The van der Waals surface area contributed by atoms with Gasteiger partial charge in [-0.3, -0.25) is 9.36 Å². The van der Waals surface area contributed by atoms with Crippen LogP contribution < -0.4 is 29.1 Å². The van der Waals surface area contributed by atoms with Crippen molar-refractivity contribution in [3.05, 3.63) is 112 Å². The summed E-state index contributed by atoms with van der Waals surface area (Å²) in [6, 6.07) is 17.6. The van der Waals surface area contributed by atoms with Gasteiger partial charge in [-0.15, -0.1) is 0 Å². The molecule has 0 aliphatic carbocycles. The molecule has 0 amide bonds. The number of esters is 1. The van der Waals surface area contributed by atoms with Crippen LogP contribution in [0.4, 0.5) is 0 Å². The Morgan fingerprint density at radius 1 is 0.976 bits per heavy atom. The maximum absolute atomic E-state index is 14.1. The van der Waals surface area contributed by atoms with Crippen molar-refractivity contribution in [1.82, 2.24) is 4.57 Å². The van der Waals surface area contributed by atoms with Gasteiger partial charge in [0.2, 0.25) is 0 Å². The number of carbonyl (C=O) groups is 1. The molecular weight excluding hydrogens is 688 g/mol. The molecule has 0 saturated carbocycles. The van der Waals surface area contributed by atoms with Crippen LogP contribution in [0.15, 0.2) is 85.0 Å². The topological polar surface area (TPSA) is 88.4 Å². The highest BCUT2D eigenvalue weighted by atomic mass is 79.9. The van der Waals surface area contributed by atoms with E-state index in [4.69, 9.17) is 23.9 Å². The lowest BCUT2D eigenvalue weighted by molar-refractivity contribution is -0.138. The van der Waals surface area contributed by atoms with Crippen molar-refractivity contribution >= 4 is 60.9 Å². The molecule has 3 aromatic carbocycles. The Balaban J connectivity index is 1.83. The van der Waals surface area contributed by atoms with Gasteiger partial charge in [0.25, 0.3) is 5.56 Å². The largest absolute Gasteiger partial charge is 0.494 e. The molecule has 4 aromatic rings. The molecule has 5 rings (SSSR count). The van der Waals surface area contributed by atoms with Crippen molar-refractivity contribution < 1.29 is 23.7 Å². The van der Waals surface area contributed by atoms with Crippen molar-refractivity contribution in [3.8, 4) is 17.2 Å². The van der Waals surface area contributed by atoms with Crippen LogP contribution in [0.25, 0.3) is 11.8 Å². The standard InChI is InChI=1S/C31H26Br2N2O6S/c1-5-41-30(37)25-26(18-9-7-6-8-10-18)34-31-35(27(25)19-11-12-22(38-2)23(16-19)39-3)29(36)24(42-31)15-17-13-20(32)28(40-4)21(33)14-17/h6-16,27H,5H2,1-4H3/b24-15-/t27-/m0/s1. The van der Waals surface area contributed by atoms with E-state index >= 15 is 0 Å². The number of benzene rings is 3. The SMILES string of the molecule is CCOC(=O)C1=C(c2ccccc2)N=c2s/c(=C\c3cc(Br)c(OC)c(Br)c3)c(=O)n2[C@H]1c1ccc(OC)c(OC)c1. The highest BCUT2D eigenvalue weighted by Crippen LogP contribution is 2.39. The van der Waals surface area contributed by atoms with Gasteiger partial charge in [0.15, 0.2) is 16.3 Å². The normalized spacial score (nSPS) is 14.7. The molecular formula is C31H26Br2N2O6S. The number of hydrogen-bond acceptors (Lipinski definition) is 8. The quantitative estimate of drug-likeness (QED) is 0.225. The Hall–Kier alpha value is -3.67. The summed E-state index contributed by atoms with van der Waals surface area (Å²) in [6.45, 7) is 1.90. The molecule has 0 spiro atoms. The fourth-order valence-electron chi connectivity index (χ4n) is 4.79. The maximum Gasteiger partial charge on any atom is 0.338 e. The molecule has 1 aliphatic rings. The van der Waals surface area contributed by atoms with E-state index in [0.717, 1.165) is 20.1 Å². The van der Waals surface area contributed by atoms with Crippen LogP contribution in [-0.4, -0.2) is 38.5 Å². The predicted molar refractivity (Wildman–Crippen MR) is 169 cm³/mol. The third-order valence-electron chi connectivity index (χ3n) is 6.62. The first-order valence-electron chi connectivity index (χ1n) is 12.8. The monoisotopic (exact) mass is 712 g/mol. The molecule has 216 valence electrons. The summed E-state index contributed by atoms with van der Waals surface area (Å²) in [7, 11) is 4.67. The second-order valence-electron chi connectivity index (χ2n) is 9.06. The number of methoxy groups -OCH3 is 3. The molecule has 0 fully saturated rings. The second-order valence-corrected chi connectivity index (χ2v) is 11.8. The molecule has 0 saturated heterocycles. The number of rotatable bonds is 8. The van der Waals surface area contributed by atoms with Crippen LogP contribution in [0.1, 0.15) is 29.7 Å². The van der Waals surface area contributed by atoms with Crippen molar-refractivity contribution in [3.63, 3.8) is 0 Å². The van der Waals surface area contributed by atoms with Gasteiger partial charge >= 0.3 is 5.97 Å². The van der Waals surface area contributed by atoms with E-state index in [-0.39, 0.29) is 17.7 Å². The van der Waals surface area contributed by atoms with Crippen LogP contribution >= 0.6 is 43.2 Å². The molecule has 11 heteroatoms. The Morgan fingerprint density at radius 3 is 2.29 bits per heavy atom. The number of fused-ring (bicyclic) bond motifs is 1. The minimum Gasteiger partial charge on any atom is -0.494 e. The molecule has 0 radical (unpaired) electrons. The Kier molecular flexibility index (Phi) is 9.00. The average molecular weight is 714 g/mol. The van der Waals surface area contributed by atoms with E-state index in [9.17, 15) is 9.59 Å². The lowest BCUT2D eigenvalue weighted by Gasteiger charge is -2.26. The summed E-state index contributed by atoms with van der Waals surface area (Å²) < 4.78 is 25.4. The first-order valence-corrected chi connectivity index (χ1v) is 15.2. The fraction of sp³-hybridized carbons (Fsp3) is 0.194. The number of nitrogens with zero attached hydrogens (tertiary/aromatic N) is 2. The third kappa shape index (κ3) is 5.56. The Morgan fingerprint density at radius 2 is 1.67 bits per heavy atom. The van der Waals surface area contributed by atoms with Crippen molar-refractivity contribution in [2.45, 2.75) is 13.0 Å². The van der Waals surface area contributed by atoms with E-state index in [1.165, 1.54) is 18.4 Å². The van der Waals surface area contributed by atoms with Crippen molar-refractivity contribution in [2.75, 3.05) is 27.9 Å². The zero-order chi connectivity index (χ0) is 30.0. The van der Waals surface area contributed by atoms with E-state index in [1.807, 2.05) is 48.5 Å². The van der Waals surface area contributed by atoms with Gasteiger partial charge in [0.05, 0.1) is 58.7 Å². The lowest BCUT2D eigenvalue weighted by atomic mass is 9.93. The maximum atomic E-state index is 14.1. The van der Waals surface area contributed by atoms with E-state index < -0.39 is 12.0 Å². The summed E-state index contributed by atoms with van der Waals surface area (Å²) in [4.78, 5) is 33.1. The fourth-order valence-corrected chi connectivity index (χ4v) is 7.33. The summed E-state index contributed by atoms with van der Waals surface area (Å²) in [6.07, 6.45) is 1.79. The molecule has 0 bridgehead atoms. The minimum absolute atomic E-state index is 0.161. The van der Waals surface area contributed by atoms with Gasteiger partial charge in [-0.1, -0.05) is 47.7 Å². The summed E-state index contributed by atoms with van der Waals surface area (Å²) >= 11 is 8.31. The Bertz CT molecular complexity index is 1860. The van der Waals surface area contributed by atoms with Crippen LogP contribution in [0.2, 0.25) is 0 Å². The minimum atomic E-state index is -0.841. The number of hydrogen-bond donors (Lipinski definition) is 0. The number of thiazole rings is 1. The first-order chi connectivity index (χ1) is 20.3. The molecule has 1 aliphatic heterocycles. The molecule has 1 atom stereocenters.